The van der Waals surface area contributed by atoms with Crippen molar-refractivity contribution in [2.75, 3.05) is 0 Å². The molecule has 0 aliphatic heterocycles. The van der Waals surface area contributed by atoms with Crippen LogP contribution in [-0.4, -0.2) is 6.21 Å². The summed E-state index contributed by atoms with van der Waals surface area (Å²) in [5.41, 5.74) is 4.58. The molecular weight excluding hydrogens is 218 g/mol. The van der Waals surface area contributed by atoms with Crippen molar-refractivity contribution in [2.24, 2.45) is 0 Å². The first-order chi connectivity index (χ1) is 8.79. The maximum absolute atomic E-state index is 7.52. The number of allylic oxidation sites excluding steroid dienone is 2. The average Bonchev–Trinajstić information content (AvgIpc) is 2.42. The van der Waals surface area contributed by atoms with Gasteiger partial charge in [-0.25, -0.2) is 0 Å². The van der Waals surface area contributed by atoms with Crippen molar-refractivity contribution < 1.29 is 0 Å². The minimum absolute atomic E-state index is 0.861. The molecule has 0 atom stereocenters. The second-order valence-electron chi connectivity index (χ2n) is 4.36. The minimum atomic E-state index is 0.861. The van der Waals surface area contributed by atoms with Crippen LogP contribution < -0.4 is 0 Å². The van der Waals surface area contributed by atoms with Gasteiger partial charge in [-0.2, -0.15) is 0 Å². The lowest BCUT2D eigenvalue weighted by Gasteiger charge is -2.03. The van der Waals surface area contributed by atoms with E-state index in [1.54, 1.807) is 0 Å². The van der Waals surface area contributed by atoms with Crippen molar-refractivity contribution in [3.8, 4) is 0 Å². The summed E-state index contributed by atoms with van der Waals surface area (Å²) in [7, 11) is 0. The summed E-state index contributed by atoms with van der Waals surface area (Å²) >= 11 is 0. The van der Waals surface area contributed by atoms with E-state index < -0.39 is 0 Å². The zero-order valence-corrected chi connectivity index (χ0v) is 10.6. The van der Waals surface area contributed by atoms with E-state index in [2.05, 4.69) is 49.4 Å². The summed E-state index contributed by atoms with van der Waals surface area (Å²) in [5, 5.41) is 7.52. The van der Waals surface area contributed by atoms with Crippen molar-refractivity contribution in [3.63, 3.8) is 0 Å². The zero-order valence-electron chi connectivity index (χ0n) is 10.6. The lowest BCUT2D eigenvalue weighted by atomic mass is 10.0. The van der Waals surface area contributed by atoms with Gasteiger partial charge in [-0.3, -0.25) is 0 Å². The first-order valence-corrected chi connectivity index (χ1v) is 6.11. The Morgan fingerprint density at radius 2 is 1.67 bits per heavy atom. The zero-order chi connectivity index (χ0) is 12.8. The fourth-order valence-corrected chi connectivity index (χ4v) is 1.85. The predicted octanol–water partition coefficient (Wildman–Crippen LogP) is 4.27. The molecule has 0 fully saturated rings. The lowest BCUT2D eigenvalue weighted by molar-refractivity contribution is 1.27. The molecule has 2 rings (SSSR count). The van der Waals surface area contributed by atoms with Gasteiger partial charge in [0.2, 0.25) is 0 Å². The first-order valence-electron chi connectivity index (χ1n) is 6.11. The van der Waals surface area contributed by atoms with E-state index in [4.69, 9.17) is 5.41 Å². The van der Waals surface area contributed by atoms with E-state index in [0.29, 0.717) is 0 Å². The molecule has 0 spiro atoms. The third-order valence-electron chi connectivity index (χ3n) is 2.94. The lowest BCUT2D eigenvalue weighted by Crippen LogP contribution is -1.88. The summed E-state index contributed by atoms with van der Waals surface area (Å²) in [6.07, 6.45) is 4.39. The summed E-state index contributed by atoms with van der Waals surface area (Å²) in [6, 6.07) is 18.6. The Morgan fingerprint density at radius 3 is 2.28 bits per heavy atom. The van der Waals surface area contributed by atoms with Crippen LogP contribution in [0.25, 0.3) is 5.57 Å². The highest BCUT2D eigenvalue weighted by Crippen LogP contribution is 2.14. The SMILES string of the molecule is Cc1ccc(/C(C=N)=C/Cc2ccccc2)cc1. The number of aryl methyl sites for hydroxylation is 1. The predicted molar refractivity (Wildman–Crippen MR) is 78.1 cm³/mol. The van der Waals surface area contributed by atoms with Gasteiger partial charge in [0.1, 0.15) is 0 Å². The van der Waals surface area contributed by atoms with Crippen molar-refractivity contribution >= 4 is 11.8 Å². The molecule has 18 heavy (non-hydrogen) atoms. The monoisotopic (exact) mass is 235 g/mol. The van der Waals surface area contributed by atoms with Crippen LogP contribution in [0, 0.1) is 12.3 Å². The fraction of sp³-hybridized carbons (Fsp3) is 0.118. The number of hydrogen-bond acceptors (Lipinski definition) is 1. The van der Waals surface area contributed by atoms with Crippen molar-refractivity contribution in [1.82, 2.24) is 0 Å². The molecule has 1 heteroatoms. The first kappa shape index (κ1) is 12.3. The van der Waals surface area contributed by atoms with Gasteiger partial charge in [0.25, 0.3) is 0 Å². The molecule has 2 aromatic carbocycles. The maximum Gasteiger partial charge on any atom is 0.0253 e. The van der Waals surface area contributed by atoms with Gasteiger partial charge in [0, 0.05) is 6.21 Å². The highest BCUT2D eigenvalue weighted by atomic mass is 14.3. The quantitative estimate of drug-likeness (QED) is 0.765. The van der Waals surface area contributed by atoms with Gasteiger partial charge < -0.3 is 5.41 Å². The number of rotatable bonds is 4. The van der Waals surface area contributed by atoms with Crippen LogP contribution in [0.1, 0.15) is 16.7 Å². The molecule has 0 bridgehead atoms. The normalized spacial score (nSPS) is 11.3. The van der Waals surface area contributed by atoms with Gasteiger partial charge in [-0.15, -0.1) is 0 Å². The molecule has 0 saturated carbocycles. The van der Waals surface area contributed by atoms with Crippen LogP contribution in [-0.2, 0) is 6.42 Å². The summed E-state index contributed by atoms with van der Waals surface area (Å²) in [6.45, 7) is 2.07. The second-order valence-corrected chi connectivity index (χ2v) is 4.36. The molecule has 0 amide bonds. The number of hydrogen-bond donors (Lipinski definition) is 1. The van der Waals surface area contributed by atoms with E-state index in [9.17, 15) is 0 Å². The molecule has 90 valence electrons. The van der Waals surface area contributed by atoms with Crippen molar-refractivity contribution in [3.05, 3.63) is 77.4 Å². The highest BCUT2D eigenvalue weighted by Gasteiger charge is 1.98. The average molecular weight is 235 g/mol. The van der Waals surface area contributed by atoms with Crippen molar-refractivity contribution in [1.29, 1.82) is 5.41 Å². The highest BCUT2D eigenvalue weighted by molar-refractivity contribution is 6.08. The minimum Gasteiger partial charge on any atom is -0.308 e. The van der Waals surface area contributed by atoms with E-state index in [1.807, 2.05) is 18.2 Å². The van der Waals surface area contributed by atoms with Crippen LogP contribution in [0.4, 0.5) is 0 Å². The second kappa shape index (κ2) is 5.97. The van der Waals surface area contributed by atoms with E-state index in [-0.39, 0.29) is 0 Å². The molecule has 0 heterocycles. The Labute approximate surface area is 108 Å². The summed E-state index contributed by atoms with van der Waals surface area (Å²) in [5.74, 6) is 0. The van der Waals surface area contributed by atoms with Crippen LogP contribution in [0.15, 0.2) is 60.7 Å². The molecule has 1 N–H and O–H groups in total. The largest absolute Gasteiger partial charge is 0.308 e. The van der Waals surface area contributed by atoms with E-state index >= 15 is 0 Å². The number of benzene rings is 2. The van der Waals surface area contributed by atoms with Crippen molar-refractivity contribution in [2.45, 2.75) is 13.3 Å². The molecule has 2 aromatic rings. The van der Waals surface area contributed by atoms with Gasteiger partial charge in [0.15, 0.2) is 0 Å². The Kier molecular flexibility index (Phi) is 4.08. The molecule has 1 nitrogen and oxygen atoms in total. The van der Waals surface area contributed by atoms with E-state index in [1.165, 1.54) is 17.3 Å². The van der Waals surface area contributed by atoms with Crippen LogP contribution >= 0.6 is 0 Å². The Bertz CT molecular complexity index is 536. The molecule has 0 aliphatic carbocycles. The van der Waals surface area contributed by atoms with Gasteiger partial charge >= 0.3 is 0 Å². The van der Waals surface area contributed by atoms with Crippen LogP contribution in [0.2, 0.25) is 0 Å². The van der Waals surface area contributed by atoms with Gasteiger partial charge in [-0.1, -0.05) is 66.2 Å². The topological polar surface area (TPSA) is 23.9 Å². The third-order valence-corrected chi connectivity index (χ3v) is 2.94. The molecule has 0 aromatic heterocycles. The molecular formula is C17H17N. The van der Waals surface area contributed by atoms with Crippen LogP contribution in [0.3, 0.4) is 0 Å². The van der Waals surface area contributed by atoms with Gasteiger partial charge in [0.05, 0.1) is 0 Å². The Hall–Kier alpha value is -2.15. The standard InChI is InChI=1S/C17H17N/c1-14-7-10-16(11-8-14)17(13-18)12-9-15-5-3-2-4-6-15/h2-8,10-13,18H,9H2,1H3/b17-12+,18-13?. The molecule has 0 aliphatic rings. The summed E-state index contributed by atoms with van der Waals surface area (Å²) in [4.78, 5) is 0. The molecule has 0 radical (unpaired) electrons. The number of nitrogens with one attached hydrogen (secondary N) is 1. The van der Waals surface area contributed by atoms with E-state index in [0.717, 1.165) is 17.6 Å². The van der Waals surface area contributed by atoms with Gasteiger partial charge in [-0.05, 0) is 30.0 Å². The fourth-order valence-electron chi connectivity index (χ4n) is 1.85. The Morgan fingerprint density at radius 1 is 1.00 bits per heavy atom. The third kappa shape index (κ3) is 3.17. The maximum atomic E-state index is 7.52. The molecule has 0 saturated heterocycles. The smallest absolute Gasteiger partial charge is 0.0253 e. The van der Waals surface area contributed by atoms with Crippen LogP contribution in [0.5, 0.6) is 0 Å². The molecule has 0 unspecified atom stereocenters. The summed E-state index contributed by atoms with van der Waals surface area (Å²) < 4.78 is 0. The Balaban J connectivity index is 2.18.